The summed E-state index contributed by atoms with van der Waals surface area (Å²) in [5, 5.41) is 38.6. The maximum absolute atomic E-state index is 11.7. The highest BCUT2D eigenvalue weighted by Crippen LogP contribution is 2.28. The Balaban J connectivity index is 2.27. The van der Waals surface area contributed by atoms with Crippen molar-refractivity contribution in [3.05, 3.63) is 23.8 Å². The quantitative estimate of drug-likeness (QED) is 0.319. The number of hydrogen-bond acceptors (Lipinski definition) is 9. The lowest BCUT2D eigenvalue weighted by Gasteiger charge is -2.39. The summed E-state index contributed by atoms with van der Waals surface area (Å²) < 4.78 is 15.3. The number of ether oxygens (including phenoxy) is 3. The third kappa shape index (κ3) is 3.54. The van der Waals surface area contributed by atoms with Crippen LogP contribution in [0, 0.1) is 0 Å². The smallest absolute Gasteiger partial charge is 0.341 e. The maximum atomic E-state index is 11.7. The van der Waals surface area contributed by atoms with Gasteiger partial charge in [-0.05, 0) is 12.1 Å². The standard InChI is InChI=1S/C14H19NO8/c1-21-13(20)7-3-2-6(15)4-8(7)22-14-12(19)11(18)10(17)9(5-16)23-14/h2-4,9-12,14,16-19H,5,15H2,1H3/t9-,10-,11+,12-,14-/m1/s1. The molecule has 9 nitrogen and oxygen atoms in total. The fraction of sp³-hybridized carbons (Fsp3) is 0.500. The van der Waals surface area contributed by atoms with Crippen molar-refractivity contribution in [2.24, 2.45) is 0 Å². The molecule has 0 bridgehead atoms. The average molecular weight is 329 g/mol. The van der Waals surface area contributed by atoms with Gasteiger partial charge in [0.1, 0.15) is 35.7 Å². The van der Waals surface area contributed by atoms with E-state index in [1.54, 1.807) is 0 Å². The lowest BCUT2D eigenvalue weighted by atomic mass is 9.99. The third-order valence-electron chi connectivity index (χ3n) is 3.50. The Labute approximate surface area is 131 Å². The fourth-order valence-electron chi connectivity index (χ4n) is 2.20. The summed E-state index contributed by atoms with van der Waals surface area (Å²) in [7, 11) is 1.19. The Morgan fingerprint density at radius 3 is 2.57 bits per heavy atom. The summed E-state index contributed by atoms with van der Waals surface area (Å²) in [6.45, 7) is -0.592. The molecule has 128 valence electrons. The number of carbonyl (C=O) groups excluding carboxylic acids is 1. The molecule has 9 heteroatoms. The number of hydrogen-bond donors (Lipinski definition) is 5. The van der Waals surface area contributed by atoms with Gasteiger partial charge < -0.3 is 40.4 Å². The Hall–Kier alpha value is -1.91. The van der Waals surface area contributed by atoms with Crippen LogP contribution in [0.1, 0.15) is 10.4 Å². The first-order valence-corrected chi connectivity index (χ1v) is 6.84. The molecule has 6 N–H and O–H groups in total. The van der Waals surface area contributed by atoms with E-state index >= 15 is 0 Å². The van der Waals surface area contributed by atoms with Gasteiger partial charge in [0.05, 0.1) is 13.7 Å². The molecule has 23 heavy (non-hydrogen) atoms. The second-order valence-electron chi connectivity index (χ2n) is 5.06. The number of carbonyl (C=O) groups is 1. The van der Waals surface area contributed by atoms with Crippen molar-refractivity contribution in [2.45, 2.75) is 30.7 Å². The number of benzene rings is 1. The van der Waals surface area contributed by atoms with Gasteiger partial charge in [0.15, 0.2) is 0 Å². The highest BCUT2D eigenvalue weighted by molar-refractivity contribution is 5.93. The lowest BCUT2D eigenvalue weighted by molar-refractivity contribution is -0.277. The topological polar surface area (TPSA) is 152 Å². The second-order valence-corrected chi connectivity index (χ2v) is 5.06. The van der Waals surface area contributed by atoms with E-state index in [9.17, 15) is 20.1 Å². The van der Waals surface area contributed by atoms with Gasteiger partial charge >= 0.3 is 5.97 Å². The number of rotatable bonds is 4. The Bertz CT molecular complexity index is 564. The van der Waals surface area contributed by atoms with Crippen LogP contribution in [0.15, 0.2) is 18.2 Å². The Morgan fingerprint density at radius 2 is 1.96 bits per heavy atom. The van der Waals surface area contributed by atoms with Gasteiger partial charge in [0.2, 0.25) is 6.29 Å². The van der Waals surface area contributed by atoms with E-state index < -0.39 is 43.3 Å². The van der Waals surface area contributed by atoms with E-state index in [0.717, 1.165) is 0 Å². The van der Waals surface area contributed by atoms with Crippen LogP contribution in [-0.4, -0.2) is 70.8 Å². The van der Waals surface area contributed by atoms with E-state index in [2.05, 4.69) is 4.74 Å². The zero-order chi connectivity index (χ0) is 17.1. The molecular formula is C14H19NO8. The van der Waals surface area contributed by atoms with Crippen molar-refractivity contribution < 1.29 is 39.4 Å². The monoisotopic (exact) mass is 329 g/mol. The summed E-state index contributed by atoms with van der Waals surface area (Å²) in [6, 6.07) is 4.17. The minimum atomic E-state index is -1.60. The number of methoxy groups -OCH3 is 1. The Morgan fingerprint density at radius 1 is 1.26 bits per heavy atom. The largest absolute Gasteiger partial charge is 0.465 e. The van der Waals surface area contributed by atoms with Crippen LogP contribution in [0.4, 0.5) is 5.69 Å². The molecule has 2 rings (SSSR count). The number of nitrogen functional groups attached to an aromatic ring is 1. The number of aliphatic hydroxyl groups excluding tert-OH is 4. The first kappa shape index (κ1) is 17.4. The predicted octanol–water partition coefficient (Wildman–Crippen LogP) is -1.77. The minimum Gasteiger partial charge on any atom is -0.465 e. The zero-order valence-corrected chi connectivity index (χ0v) is 12.3. The van der Waals surface area contributed by atoms with Gasteiger partial charge in [0.25, 0.3) is 0 Å². The molecule has 0 saturated carbocycles. The van der Waals surface area contributed by atoms with Gasteiger partial charge in [-0.25, -0.2) is 4.79 Å². The summed E-state index contributed by atoms with van der Waals surface area (Å²) >= 11 is 0. The van der Waals surface area contributed by atoms with E-state index in [4.69, 9.17) is 20.3 Å². The molecule has 1 aromatic carbocycles. The van der Waals surface area contributed by atoms with Crippen LogP contribution in [0.25, 0.3) is 0 Å². The Kier molecular flexibility index (Phi) is 5.39. The van der Waals surface area contributed by atoms with Crippen molar-refractivity contribution in [1.29, 1.82) is 0 Å². The molecule has 1 aliphatic rings. The number of anilines is 1. The van der Waals surface area contributed by atoms with Crippen LogP contribution >= 0.6 is 0 Å². The van der Waals surface area contributed by atoms with Crippen LogP contribution in [0.2, 0.25) is 0 Å². The second kappa shape index (κ2) is 7.11. The highest BCUT2D eigenvalue weighted by atomic mass is 16.7. The summed E-state index contributed by atoms with van der Waals surface area (Å²) in [5.74, 6) is -0.717. The molecule has 0 radical (unpaired) electrons. The predicted molar refractivity (Wildman–Crippen MR) is 76.6 cm³/mol. The summed E-state index contributed by atoms with van der Waals surface area (Å²) in [6.07, 6.45) is -7.24. The first-order chi connectivity index (χ1) is 10.9. The molecule has 5 atom stereocenters. The molecule has 0 spiro atoms. The third-order valence-corrected chi connectivity index (χ3v) is 3.50. The molecule has 1 heterocycles. The molecule has 1 saturated heterocycles. The average Bonchev–Trinajstić information content (AvgIpc) is 2.54. The van der Waals surface area contributed by atoms with Crippen LogP contribution in [0.5, 0.6) is 5.75 Å². The molecule has 0 aliphatic carbocycles. The summed E-state index contributed by atoms with van der Waals surface area (Å²) in [4.78, 5) is 11.7. The van der Waals surface area contributed by atoms with E-state index in [1.807, 2.05) is 0 Å². The van der Waals surface area contributed by atoms with Gasteiger partial charge in [-0.1, -0.05) is 0 Å². The van der Waals surface area contributed by atoms with Gasteiger partial charge in [-0.3, -0.25) is 0 Å². The molecule has 0 aromatic heterocycles. The summed E-state index contributed by atoms with van der Waals surface area (Å²) in [5.41, 5.74) is 5.98. The maximum Gasteiger partial charge on any atom is 0.341 e. The molecule has 1 aliphatic heterocycles. The molecular weight excluding hydrogens is 310 g/mol. The van der Waals surface area contributed by atoms with Crippen molar-refractivity contribution in [1.82, 2.24) is 0 Å². The normalized spacial score (nSPS) is 30.7. The van der Waals surface area contributed by atoms with Gasteiger partial charge in [-0.2, -0.15) is 0 Å². The minimum absolute atomic E-state index is 0.0267. The van der Waals surface area contributed by atoms with Crippen molar-refractivity contribution in [2.75, 3.05) is 19.5 Å². The van der Waals surface area contributed by atoms with E-state index in [1.165, 1.54) is 25.3 Å². The SMILES string of the molecule is COC(=O)c1ccc(N)cc1O[C@@H]1O[C@H](CO)[C@@H](O)[C@H](O)[C@H]1O. The van der Waals surface area contributed by atoms with Gasteiger partial charge in [0, 0.05) is 11.8 Å². The number of nitrogens with two attached hydrogens (primary N) is 1. The molecule has 1 aromatic rings. The van der Waals surface area contributed by atoms with Crippen molar-refractivity contribution >= 4 is 11.7 Å². The van der Waals surface area contributed by atoms with E-state index in [0.29, 0.717) is 0 Å². The molecule has 0 amide bonds. The van der Waals surface area contributed by atoms with E-state index in [-0.39, 0.29) is 17.0 Å². The van der Waals surface area contributed by atoms with Gasteiger partial charge in [-0.15, -0.1) is 0 Å². The van der Waals surface area contributed by atoms with Crippen LogP contribution < -0.4 is 10.5 Å². The molecule has 0 unspecified atom stereocenters. The lowest BCUT2D eigenvalue weighted by Crippen LogP contribution is -2.60. The fourth-order valence-corrected chi connectivity index (χ4v) is 2.20. The van der Waals surface area contributed by atoms with Crippen LogP contribution in [-0.2, 0) is 9.47 Å². The van der Waals surface area contributed by atoms with Crippen LogP contribution in [0.3, 0.4) is 0 Å². The zero-order valence-electron chi connectivity index (χ0n) is 12.3. The highest BCUT2D eigenvalue weighted by Gasteiger charge is 2.45. The number of aliphatic hydroxyl groups is 4. The number of esters is 1. The molecule has 1 fully saturated rings. The first-order valence-electron chi connectivity index (χ1n) is 6.84. The van der Waals surface area contributed by atoms with Crippen molar-refractivity contribution in [3.63, 3.8) is 0 Å². The van der Waals surface area contributed by atoms with Crippen molar-refractivity contribution in [3.8, 4) is 5.75 Å².